The summed E-state index contributed by atoms with van der Waals surface area (Å²) < 4.78 is 10.0. The second kappa shape index (κ2) is 5.19. The van der Waals surface area contributed by atoms with Crippen LogP contribution in [0.2, 0.25) is 0 Å². The first-order chi connectivity index (χ1) is 6.26. The molecule has 0 saturated carbocycles. The van der Waals surface area contributed by atoms with Crippen LogP contribution in [-0.4, -0.2) is 29.2 Å². The number of hydrogen-bond donors (Lipinski definition) is 0. The van der Waals surface area contributed by atoms with Gasteiger partial charge in [0, 0.05) is 25.8 Å². The maximum Gasteiger partial charge on any atom is 0.227 e. The van der Waals surface area contributed by atoms with Gasteiger partial charge in [0.05, 0.1) is 6.10 Å². The normalized spacial score (nSPS) is 13.2. The number of aryl methyl sites for hydroxylation is 1. The molecular weight excluding hydrogens is 192 g/mol. The Morgan fingerprint density at radius 2 is 2.38 bits per heavy atom. The van der Waals surface area contributed by atoms with Crippen molar-refractivity contribution in [2.45, 2.75) is 25.9 Å². The van der Waals surface area contributed by atoms with E-state index in [1.807, 2.05) is 6.92 Å². The average Bonchev–Trinajstić information content (AvgIpc) is 2.53. The number of hydrogen-bond acceptors (Lipinski definition) is 4. The fourth-order valence-electron chi connectivity index (χ4n) is 0.896. The summed E-state index contributed by atoms with van der Waals surface area (Å²) in [5.41, 5.74) is 0. The number of aromatic nitrogens is 2. The first-order valence-corrected chi connectivity index (χ1v) is 4.70. The van der Waals surface area contributed by atoms with Gasteiger partial charge in [0.2, 0.25) is 5.89 Å². The Morgan fingerprint density at radius 1 is 1.62 bits per heavy atom. The molecular formula is C8H13ClN2O2. The highest BCUT2D eigenvalue weighted by Gasteiger charge is 2.09. The predicted molar refractivity (Wildman–Crippen MR) is 48.9 cm³/mol. The molecule has 0 spiro atoms. The van der Waals surface area contributed by atoms with E-state index in [9.17, 15) is 0 Å². The molecule has 1 unspecified atom stereocenters. The van der Waals surface area contributed by atoms with Gasteiger partial charge in [-0.1, -0.05) is 5.16 Å². The standard InChI is InChI=1S/C8H13ClN2O2/c1-6(12-2)5-7-10-8(3-4-9)13-11-7/h6H,3-5H2,1-2H3. The Morgan fingerprint density at radius 3 is 3.00 bits per heavy atom. The summed E-state index contributed by atoms with van der Waals surface area (Å²) in [5, 5.41) is 3.80. The van der Waals surface area contributed by atoms with Crippen molar-refractivity contribution in [1.82, 2.24) is 10.1 Å². The molecule has 74 valence electrons. The number of ether oxygens (including phenoxy) is 1. The SMILES string of the molecule is COC(C)Cc1noc(CCCl)n1. The van der Waals surface area contributed by atoms with Gasteiger partial charge in [0.25, 0.3) is 0 Å². The van der Waals surface area contributed by atoms with Gasteiger partial charge < -0.3 is 9.26 Å². The Labute approximate surface area is 82.2 Å². The van der Waals surface area contributed by atoms with Crippen molar-refractivity contribution in [3.05, 3.63) is 11.7 Å². The summed E-state index contributed by atoms with van der Waals surface area (Å²) in [7, 11) is 1.66. The van der Waals surface area contributed by atoms with Gasteiger partial charge in [0.15, 0.2) is 5.82 Å². The molecule has 0 radical (unpaired) electrons. The summed E-state index contributed by atoms with van der Waals surface area (Å²) in [6.45, 7) is 1.96. The minimum absolute atomic E-state index is 0.112. The van der Waals surface area contributed by atoms with Gasteiger partial charge in [-0.05, 0) is 6.92 Å². The van der Waals surface area contributed by atoms with E-state index in [1.165, 1.54) is 0 Å². The molecule has 13 heavy (non-hydrogen) atoms. The lowest BCUT2D eigenvalue weighted by molar-refractivity contribution is 0.116. The van der Waals surface area contributed by atoms with Crippen LogP contribution >= 0.6 is 11.6 Å². The number of rotatable bonds is 5. The number of methoxy groups -OCH3 is 1. The Balaban J connectivity index is 2.48. The summed E-state index contributed by atoms with van der Waals surface area (Å²) in [5.74, 6) is 1.77. The van der Waals surface area contributed by atoms with Crippen molar-refractivity contribution in [3.63, 3.8) is 0 Å². The summed E-state index contributed by atoms with van der Waals surface area (Å²) >= 11 is 5.53. The molecule has 0 aliphatic rings. The molecule has 1 aromatic heterocycles. The predicted octanol–water partition coefficient (Wildman–Crippen LogP) is 1.43. The summed E-state index contributed by atoms with van der Waals surface area (Å²) in [6.07, 6.45) is 1.40. The monoisotopic (exact) mass is 204 g/mol. The molecule has 0 bridgehead atoms. The quantitative estimate of drug-likeness (QED) is 0.681. The number of nitrogens with zero attached hydrogens (tertiary/aromatic N) is 2. The first kappa shape index (κ1) is 10.5. The smallest absolute Gasteiger partial charge is 0.227 e. The van der Waals surface area contributed by atoms with E-state index in [0.717, 1.165) is 0 Å². The van der Waals surface area contributed by atoms with E-state index in [4.69, 9.17) is 20.9 Å². The van der Waals surface area contributed by atoms with E-state index in [0.29, 0.717) is 30.4 Å². The minimum atomic E-state index is 0.112. The molecule has 1 rings (SSSR count). The second-order valence-corrected chi connectivity index (χ2v) is 3.17. The molecule has 5 heteroatoms. The van der Waals surface area contributed by atoms with Crippen molar-refractivity contribution in [3.8, 4) is 0 Å². The van der Waals surface area contributed by atoms with E-state index < -0.39 is 0 Å². The zero-order valence-electron chi connectivity index (χ0n) is 7.79. The van der Waals surface area contributed by atoms with Gasteiger partial charge in [-0.25, -0.2) is 0 Å². The van der Waals surface area contributed by atoms with Gasteiger partial charge in [-0.3, -0.25) is 0 Å². The second-order valence-electron chi connectivity index (χ2n) is 2.79. The lowest BCUT2D eigenvalue weighted by Crippen LogP contribution is -2.09. The van der Waals surface area contributed by atoms with Crippen LogP contribution in [0.1, 0.15) is 18.6 Å². The van der Waals surface area contributed by atoms with E-state index in [1.54, 1.807) is 7.11 Å². The maximum absolute atomic E-state index is 5.53. The molecule has 0 aromatic carbocycles. The highest BCUT2D eigenvalue weighted by molar-refractivity contribution is 6.17. The van der Waals surface area contributed by atoms with Crippen molar-refractivity contribution in [2.24, 2.45) is 0 Å². The molecule has 1 aromatic rings. The molecule has 4 nitrogen and oxygen atoms in total. The summed E-state index contributed by atoms with van der Waals surface area (Å²) in [6, 6.07) is 0. The van der Waals surface area contributed by atoms with Gasteiger partial charge in [-0.15, -0.1) is 11.6 Å². The largest absolute Gasteiger partial charge is 0.381 e. The molecule has 0 amide bonds. The lowest BCUT2D eigenvalue weighted by Gasteiger charge is -2.03. The highest BCUT2D eigenvalue weighted by atomic mass is 35.5. The van der Waals surface area contributed by atoms with Gasteiger partial charge in [0.1, 0.15) is 0 Å². The number of alkyl halides is 1. The Kier molecular flexibility index (Phi) is 4.18. The van der Waals surface area contributed by atoms with Crippen molar-refractivity contribution in [1.29, 1.82) is 0 Å². The van der Waals surface area contributed by atoms with Crippen molar-refractivity contribution in [2.75, 3.05) is 13.0 Å². The third-order valence-corrected chi connectivity index (χ3v) is 1.88. The number of halogens is 1. The Bertz CT molecular complexity index is 252. The van der Waals surface area contributed by atoms with E-state index in [2.05, 4.69) is 10.1 Å². The zero-order valence-corrected chi connectivity index (χ0v) is 8.54. The van der Waals surface area contributed by atoms with Crippen molar-refractivity contribution >= 4 is 11.6 Å². The van der Waals surface area contributed by atoms with Crippen LogP contribution in [0.15, 0.2) is 4.52 Å². The molecule has 0 fully saturated rings. The highest BCUT2D eigenvalue weighted by Crippen LogP contribution is 2.03. The third kappa shape index (κ3) is 3.32. The fourth-order valence-corrected chi connectivity index (χ4v) is 1.06. The molecule has 1 heterocycles. The Hall–Kier alpha value is -0.610. The minimum Gasteiger partial charge on any atom is -0.381 e. The van der Waals surface area contributed by atoms with Crippen LogP contribution in [0.4, 0.5) is 0 Å². The maximum atomic E-state index is 5.53. The van der Waals surface area contributed by atoms with E-state index >= 15 is 0 Å². The van der Waals surface area contributed by atoms with Crippen LogP contribution in [0.3, 0.4) is 0 Å². The topological polar surface area (TPSA) is 48.2 Å². The zero-order chi connectivity index (χ0) is 9.68. The van der Waals surface area contributed by atoms with Gasteiger partial charge >= 0.3 is 0 Å². The van der Waals surface area contributed by atoms with Gasteiger partial charge in [-0.2, -0.15) is 4.98 Å². The third-order valence-electron chi connectivity index (χ3n) is 1.69. The average molecular weight is 205 g/mol. The van der Waals surface area contributed by atoms with Crippen LogP contribution in [-0.2, 0) is 17.6 Å². The lowest BCUT2D eigenvalue weighted by atomic mass is 10.3. The van der Waals surface area contributed by atoms with Crippen LogP contribution < -0.4 is 0 Å². The molecule has 0 saturated heterocycles. The fraction of sp³-hybridized carbons (Fsp3) is 0.750. The molecule has 1 atom stereocenters. The summed E-state index contributed by atoms with van der Waals surface area (Å²) in [4.78, 5) is 4.15. The van der Waals surface area contributed by atoms with E-state index in [-0.39, 0.29) is 6.10 Å². The van der Waals surface area contributed by atoms with Crippen LogP contribution in [0, 0.1) is 0 Å². The first-order valence-electron chi connectivity index (χ1n) is 4.16. The van der Waals surface area contributed by atoms with Crippen molar-refractivity contribution < 1.29 is 9.26 Å². The molecule has 0 aliphatic heterocycles. The van der Waals surface area contributed by atoms with Crippen LogP contribution in [0.5, 0.6) is 0 Å². The molecule has 0 N–H and O–H groups in total. The molecule has 0 aliphatic carbocycles. The van der Waals surface area contributed by atoms with Crippen LogP contribution in [0.25, 0.3) is 0 Å².